The van der Waals surface area contributed by atoms with Crippen LogP contribution in [0.25, 0.3) is 0 Å². The first-order chi connectivity index (χ1) is 13.5. The first-order valence-corrected chi connectivity index (χ1v) is 10.8. The first kappa shape index (κ1) is 22.0. The average molecular weight is 494 g/mol. The van der Waals surface area contributed by atoms with Gasteiger partial charge in [0.05, 0.1) is 10.0 Å². The molecule has 0 saturated carbocycles. The third-order valence-electron chi connectivity index (χ3n) is 4.33. The van der Waals surface area contributed by atoms with Gasteiger partial charge in [0.25, 0.3) is 10.1 Å². The van der Waals surface area contributed by atoms with Gasteiger partial charge in [0.1, 0.15) is 11.5 Å². The van der Waals surface area contributed by atoms with Gasteiger partial charge in [-0.2, -0.15) is 8.42 Å². The van der Waals surface area contributed by atoms with Gasteiger partial charge >= 0.3 is 0 Å². The van der Waals surface area contributed by atoms with Gasteiger partial charge < -0.3 is 10.2 Å². The molecule has 1 atom stereocenters. The second-order valence-corrected chi connectivity index (χ2v) is 9.34. The predicted octanol–water partition coefficient (Wildman–Crippen LogP) is 5.89. The largest absolute Gasteiger partial charge is 0.508 e. The molecule has 0 aromatic heterocycles. The summed E-state index contributed by atoms with van der Waals surface area (Å²) < 4.78 is 34.1. The zero-order chi connectivity index (χ0) is 21.6. The van der Waals surface area contributed by atoms with E-state index in [1.165, 1.54) is 36.4 Å². The molecule has 10 heteroatoms. The Morgan fingerprint density at radius 1 is 0.759 bits per heavy atom. The maximum Gasteiger partial charge on any atom is 0.283 e. The maximum atomic E-state index is 13.0. The normalized spacial score (nSPS) is 13.8. The minimum Gasteiger partial charge on any atom is -0.508 e. The minimum absolute atomic E-state index is 0.0329. The summed E-state index contributed by atoms with van der Waals surface area (Å²) >= 11 is 25.0. The predicted molar refractivity (Wildman–Crippen MR) is 114 cm³/mol. The van der Waals surface area contributed by atoms with Crippen molar-refractivity contribution in [1.82, 2.24) is 0 Å². The third-order valence-corrected chi connectivity index (χ3v) is 6.92. The van der Waals surface area contributed by atoms with E-state index in [2.05, 4.69) is 0 Å². The van der Waals surface area contributed by atoms with E-state index in [0.29, 0.717) is 0 Å². The summed E-state index contributed by atoms with van der Waals surface area (Å²) in [6, 6.07) is 11.4. The molecule has 0 aliphatic heterocycles. The van der Waals surface area contributed by atoms with Crippen LogP contribution in [0.15, 0.2) is 54.6 Å². The molecule has 1 unspecified atom stereocenters. The lowest BCUT2D eigenvalue weighted by Gasteiger charge is -2.34. The van der Waals surface area contributed by atoms with Gasteiger partial charge in [0.2, 0.25) is 0 Å². The van der Waals surface area contributed by atoms with Gasteiger partial charge in [-0.25, -0.2) is 0 Å². The van der Waals surface area contributed by atoms with Crippen molar-refractivity contribution in [2.45, 2.75) is 4.75 Å². The smallest absolute Gasteiger partial charge is 0.283 e. The molecule has 3 N–H and O–H groups in total. The van der Waals surface area contributed by atoms with Gasteiger partial charge in [-0.15, -0.1) is 0 Å². The van der Waals surface area contributed by atoms with E-state index in [0.717, 1.165) is 18.2 Å². The Kier molecular flexibility index (Phi) is 5.98. The van der Waals surface area contributed by atoms with Gasteiger partial charge in [0.15, 0.2) is 4.75 Å². The Hall–Kier alpha value is -1.67. The van der Waals surface area contributed by atoms with Crippen LogP contribution in [-0.2, 0) is 14.9 Å². The number of halogens is 4. The highest BCUT2D eigenvalue weighted by atomic mass is 35.5. The van der Waals surface area contributed by atoms with Crippen molar-refractivity contribution in [2.24, 2.45) is 0 Å². The van der Waals surface area contributed by atoms with E-state index in [1.807, 2.05) is 0 Å². The zero-order valence-electron chi connectivity index (χ0n) is 14.3. The van der Waals surface area contributed by atoms with Crippen molar-refractivity contribution in [3.05, 3.63) is 91.4 Å². The Morgan fingerprint density at radius 3 is 1.93 bits per heavy atom. The van der Waals surface area contributed by atoms with E-state index in [1.54, 1.807) is 0 Å². The van der Waals surface area contributed by atoms with Crippen LogP contribution in [0.2, 0.25) is 20.1 Å². The molecule has 3 aromatic carbocycles. The SMILES string of the molecule is O=S(=O)(O)C(c1cccc(Cl)c1)(c1cc(O)ccc1Cl)c1c(Cl)cc(O)cc1Cl. The van der Waals surface area contributed by atoms with Gasteiger partial charge in [-0.05, 0) is 48.0 Å². The Bertz CT molecular complexity index is 1190. The van der Waals surface area contributed by atoms with Crippen molar-refractivity contribution < 1.29 is 23.2 Å². The van der Waals surface area contributed by atoms with Crippen molar-refractivity contribution in [3.63, 3.8) is 0 Å². The molecule has 0 heterocycles. The van der Waals surface area contributed by atoms with Crippen molar-refractivity contribution >= 4 is 56.5 Å². The standard InChI is InChI=1S/C19H12Cl4O5S/c20-11-3-1-2-10(6-11)19(29(26,27)28,14-7-12(24)4-5-15(14)21)18-16(22)8-13(25)9-17(18)23/h1-9,24-25H,(H,26,27,28). The summed E-state index contributed by atoms with van der Waals surface area (Å²) in [5.41, 5.74) is -0.510. The summed E-state index contributed by atoms with van der Waals surface area (Å²) in [4.78, 5) is 0. The van der Waals surface area contributed by atoms with Crippen LogP contribution >= 0.6 is 46.4 Å². The fraction of sp³-hybridized carbons (Fsp3) is 0.0526. The van der Waals surface area contributed by atoms with E-state index < -0.39 is 14.9 Å². The van der Waals surface area contributed by atoms with Crippen LogP contribution in [0.3, 0.4) is 0 Å². The fourth-order valence-corrected chi connectivity index (χ4v) is 5.96. The molecule has 0 saturated heterocycles. The number of rotatable bonds is 4. The Morgan fingerprint density at radius 2 is 1.38 bits per heavy atom. The van der Waals surface area contributed by atoms with E-state index in [-0.39, 0.29) is 48.3 Å². The Labute approximate surface area is 186 Å². The monoisotopic (exact) mass is 492 g/mol. The highest BCUT2D eigenvalue weighted by Crippen LogP contribution is 2.52. The lowest BCUT2D eigenvalue weighted by molar-refractivity contribution is 0.455. The average Bonchev–Trinajstić information content (AvgIpc) is 2.59. The first-order valence-electron chi connectivity index (χ1n) is 7.89. The molecular formula is C19H12Cl4O5S. The van der Waals surface area contributed by atoms with Gasteiger partial charge in [0, 0.05) is 21.2 Å². The second-order valence-electron chi connectivity index (χ2n) is 6.12. The molecule has 29 heavy (non-hydrogen) atoms. The van der Waals surface area contributed by atoms with E-state index in [9.17, 15) is 23.2 Å². The highest BCUT2D eigenvalue weighted by Gasteiger charge is 2.52. The molecule has 0 aliphatic carbocycles. The number of hydrogen-bond donors (Lipinski definition) is 3. The summed E-state index contributed by atoms with van der Waals surface area (Å²) in [6.07, 6.45) is 0. The number of aromatic hydroxyl groups is 2. The summed E-state index contributed by atoms with van der Waals surface area (Å²) in [7, 11) is -5.10. The fourth-order valence-electron chi connectivity index (χ4n) is 3.24. The number of phenols is 2. The highest BCUT2D eigenvalue weighted by molar-refractivity contribution is 7.87. The summed E-state index contributed by atoms with van der Waals surface area (Å²) in [5.74, 6) is -0.633. The lowest BCUT2D eigenvalue weighted by Crippen LogP contribution is -2.39. The third kappa shape index (κ3) is 3.77. The lowest BCUT2D eigenvalue weighted by atomic mass is 9.83. The molecule has 0 radical (unpaired) electrons. The molecule has 3 rings (SSSR count). The van der Waals surface area contributed by atoms with Crippen LogP contribution < -0.4 is 0 Å². The second kappa shape index (κ2) is 7.87. The quantitative estimate of drug-likeness (QED) is 0.311. The van der Waals surface area contributed by atoms with Gasteiger partial charge in [-0.1, -0.05) is 58.5 Å². The van der Waals surface area contributed by atoms with Crippen molar-refractivity contribution in [1.29, 1.82) is 0 Å². The minimum atomic E-state index is -5.10. The van der Waals surface area contributed by atoms with Crippen LogP contribution in [-0.4, -0.2) is 23.2 Å². The van der Waals surface area contributed by atoms with Crippen LogP contribution in [0.1, 0.15) is 16.7 Å². The Balaban J connectivity index is 2.65. The van der Waals surface area contributed by atoms with E-state index >= 15 is 0 Å². The summed E-state index contributed by atoms with van der Waals surface area (Å²) in [6.45, 7) is 0. The molecule has 3 aromatic rings. The number of benzene rings is 3. The molecule has 0 bridgehead atoms. The molecule has 152 valence electrons. The molecule has 5 nitrogen and oxygen atoms in total. The van der Waals surface area contributed by atoms with Crippen LogP contribution in [0.4, 0.5) is 0 Å². The van der Waals surface area contributed by atoms with E-state index in [4.69, 9.17) is 46.4 Å². The molecule has 0 aliphatic rings. The van der Waals surface area contributed by atoms with Crippen molar-refractivity contribution in [3.8, 4) is 11.5 Å². The maximum absolute atomic E-state index is 13.0. The molecule has 0 amide bonds. The topological polar surface area (TPSA) is 94.8 Å². The molecule has 0 fully saturated rings. The number of phenolic OH excluding ortho intramolecular Hbond substituents is 2. The zero-order valence-corrected chi connectivity index (χ0v) is 18.1. The van der Waals surface area contributed by atoms with Crippen molar-refractivity contribution in [2.75, 3.05) is 0 Å². The summed E-state index contributed by atoms with van der Waals surface area (Å²) in [5, 5.41) is 19.4. The molecule has 0 spiro atoms. The van der Waals surface area contributed by atoms with Gasteiger partial charge in [-0.3, -0.25) is 4.55 Å². The van der Waals surface area contributed by atoms with Crippen LogP contribution in [0, 0.1) is 0 Å². The van der Waals surface area contributed by atoms with Crippen LogP contribution in [0.5, 0.6) is 11.5 Å². The number of hydrogen-bond acceptors (Lipinski definition) is 4. The molecular weight excluding hydrogens is 482 g/mol.